The quantitative estimate of drug-likeness (QED) is 0.320. The Morgan fingerprint density at radius 3 is 2.32 bits per heavy atom. The number of hydrogen-bond acceptors (Lipinski definition) is 7. The van der Waals surface area contributed by atoms with Crippen LogP contribution in [0.4, 0.5) is 24.7 Å². The van der Waals surface area contributed by atoms with E-state index >= 15 is 0 Å². The molecule has 38 heavy (non-hydrogen) atoms. The zero-order valence-electron chi connectivity index (χ0n) is 19.1. The Hall–Kier alpha value is -3.88. The third-order valence-corrected chi connectivity index (χ3v) is 7.27. The van der Waals surface area contributed by atoms with Crippen molar-refractivity contribution in [1.82, 2.24) is 15.5 Å². The minimum atomic E-state index is -5.08. The second-order valence-corrected chi connectivity index (χ2v) is 10.3. The maximum absolute atomic E-state index is 12.8. The highest BCUT2D eigenvalue weighted by Crippen LogP contribution is 2.41. The Kier molecular flexibility index (Phi) is 7.49. The second-order valence-electron chi connectivity index (χ2n) is 8.16. The van der Waals surface area contributed by atoms with Crippen LogP contribution >= 0.6 is 11.6 Å². The average Bonchev–Trinajstić information content (AvgIpc) is 3.32. The molecule has 0 saturated carbocycles. The Morgan fingerprint density at radius 2 is 1.71 bits per heavy atom. The number of aromatic nitrogens is 2. The third-order valence-electron chi connectivity index (χ3n) is 5.62. The van der Waals surface area contributed by atoms with Crippen LogP contribution < -0.4 is 15.4 Å². The van der Waals surface area contributed by atoms with E-state index in [1.54, 1.807) is 54.7 Å². The number of aliphatic carboxylic acids is 1. The van der Waals surface area contributed by atoms with Gasteiger partial charge in [0.05, 0.1) is 17.6 Å². The smallest absolute Gasteiger partial charge is 0.475 e. The number of nitrogens with one attached hydrogen (secondary N) is 4. The van der Waals surface area contributed by atoms with E-state index in [-0.39, 0.29) is 23.1 Å². The van der Waals surface area contributed by atoms with Crippen LogP contribution in [0.25, 0.3) is 0 Å². The van der Waals surface area contributed by atoms with E-state index in [1.165, 1.54) is 0 Å². The molecular formula is C23H19ClF3N5O5S. The lowest BCUT2D eigenvalue weighted by molar-refractivity contribution is -0.192. The van der Waals surface area contributed by atoms with Crippen molar-refractivity contribution in [2.24, 2.45) is 0 Å². The van der Waals surface area contributed by atoms with E-state index in [1.807, 2.05) is 0 Å². The molecule has 3 heterocycles. The number of carboxylic acid groups (broad SMARTS) is 1. The number of H-pyrrole nitrogens is 1. The predicted molar refractivity (Wildman–Crippen MR) is 131 cm³/mol. The lowest BCUT2D eigenvalue weighted by Crippen LogP contribution is -2.39. The van der Waals surface area contributed by atoms with Gasteiger partial charge in [-0.3, -0.25) is 14.6 Å². The van der Waals surface area contributed by atoms with Crippen molar-refractivity contribution >= 4 is 44.9 Å². The second kappa shape index (κ2) is 10.5. The molecule has 200 valence electrons. The summed E-state index contributed by atoms with van der Waals surface area (Å²) in [6.45, 7) is 0.815. The molecule has 0 bridgehead atoms. The fourth-order valence-electron chi connectivity index (χ4n) is 3.95. The van der Waals surface area contributed by atoms with Gasteiger partial charge in [0.2, 0.25) is 0 Å². The standard InChI is InChI=1S/C21H18ClN5O3S.C2HF3O2/c22-13-3-5-14(6-4-13)27-31(29,30)15-7-1-12(2-8-15)19-16-9-24-26-21(16)25-17-10-23-11-18(28)20(17)19;3-2(4,5)1(6)7/h1-9,19,23,27H,10-11H2,(H2,24,25,26);(H,6,7). The largest absolute Gasteiger partial charge is 0.490 e. The van der Waals surface area contributed by atoms with Gasteiger partial charge in [0.15, 0.2) is 5.78 Å². The molecule has 2 aliphatic rings. The van der Waals surface area contributed by atoms with Gasteiger partial charge >= 0.3 is 12.1 Å². The van der Waals surface area contributed by atoms with Gasteiger partial charge in [0.1, 0.15) is 5.82 Å². The molecule has 2 aromatic carbocycles. The van der Waals surface area contributed by atoms with Crippen molar-refractivity contribution in [1.29, 1.82) is 0 Å². The highest BCUT2D eigenvalue weighted by Gasteiger charge is 2.38. The molecule has 1 unspecified atom stereocenters. The third kappa shape index (κ3) is 5.82. The number of carbonyl (C=O) groups is 2. The Morgan fingerprint density at radius 1 is 1.08 bits per heavy atom. The van der Waals surface area contributed by atoms with Gasteiger partial charge in [0.25, 0.3) is 10.0 Å². The van der Waals surface area contributed by atoms with Gasteiger partial charge in [-0.15, -0.1) is 0 Å². The summed E-state index contributed by atoms with van der Waals surface area (Å²) in [5.74, 6) is -2.33. The van der Waals surface area contributed by atoms with Crippen LogP contribution in [-0.4, -0.2) is 54.7 Å². The maximum Gasteiger partial charge on any atom is 0.490 e. The Balaban J connectivity index is 0.000000426. The normalized spacial score (nSPS) is 16.9. The summed E-state index contributed by atoms with van der Waals surface area (Å²) in [6.07, 6.45) is -3.39. The number of sulfonamides is 1. The molecular weight excluding hydrogens is 551 g/mol. The number of Topliss-reactive ketones (excluding diaryl/α,β-unsaturated/α-hetero) is 1. The number of nitrogens with zero attached hydrogens (tertiary/aromatic N) is 1. The number of rotatable bonds is 4. The first-order chi connectivity index (χ1) is 17.9. The number of halogens is 4. The van der Waals surface area contributed by atoms with E-state index in [0.717, 1.165) is 22.6 Å². The summed E-state index contributed by atoms with van der Waals surface area (Å²) < 4.78 is 59.8. The minimum Gasteiger partial charge on any atom is -0.475 e. The highest BCUT2D eigenvalue weighted by atomic mass is 35.5. The lowest BCUT2D eigenvalue weighted by Gasteiger charge is -2.32. The Bertz CT molecular complexity index is 1500. The number of ketones is 1. The number of alkyl halides is 3. The van der Waals surface area contributed by atoms with Gasteiger partial charge in [-0.25, -0.2) is 13.2 Å². The molecule has 1 atom stereocenters. The van der Waals surface area contributed by atoms with Crippen LogP contribution in [0.15, 0.2) is 70.9 Å². The van der Waals surface area contributed by atoms with Crippen molar-refractivity contribution in [3.63, 3.8) is 0 Å². The fourth-order valence-corrected chi connectivity index (χ4v) is 5.13. The number of carboxylic acids is 1. The number of fused-ring (bicyclic) bond motifs is 1. The van der Waals surface area contributed by atoms with Crippen molar-refractivity contribution in [2.75, 3.05) is 23.1 Å². The molecule has 0 radical (unpaired) electrons. The van der Waals surface area contributed by atoms with E-state index in [2.05, 4.69) is 25.6 Å². The first-order valence-corrected chi connectivity index (χ1v) is 12.7. The summed E-state index contributed by atoms with van der Waals surface area (Å²) in [7, 11) is -3.77. The monoisotopic (exact) mass is 569 g/mol. The van der Waals surface area contributed by atoms with E-state index in [4.69, 9.17) is 21.5 Å². The number of anilines is 2. The van der Waals surface area contributed by atoms with Gasteiger partial charge in [-0.05, 0) is 42.0 Å². The number of aromatic amines is 1. The molecule has 10 nitrogen and oxygen atoms in total. The molecule has 5 N–H and O–H groups in total. The zero-order valence-corrected chi connectivity index (χ0v) is 20.7. The van der Waals surface area contributed by atoms with E-state index in [9.17, 15) is 26.4 Å². The van der Waals surface area contributed by atoms with Crippen LogP contribution in [0.1, 0.15) is 17.0 Å². The van der Waals surface area contributed by atoms with Crippen molar-refractivity contribution in [3.8, 4) is 0 Å². The van der Waals surface area contributed by atoms with Gasteiger partial charge < -0.3 is 15.7 Å². The first kappa shape index (κ1) is 27.2. The van der Waals surface area contributed by atoms with Crippen LogP contribution in [-0.2, 0) is 19.6 Å². The molecule has 0 fully saturated rings. The topological polar surface area (TPSA) is 153 Å². The van der Waals surface area contributed by atoms with Crippen LogP contribution in [0, 0.1) is 0 Å². The first-order valence-electron chi connectivity index (χ1n) is 10.8. The van der Waals surface area contributed by atoms with Crippen molar-refractivity contribution < 1.29 is 36.3 Å². The summed E-state index contributed by atoms with van der Waals surface area (Å²) in [5, 5.41) is 21.0. The summed E-state index contributed by atoms with van der Waals surface area (Å²) in [4.78, 5) is 21.7. The zero-order chi connectivity index (χ0) is 27.7. The van der Waals surface area contributed by atoms with Crippen molar-refractivity contribution in [3.05, 3.63) is 82.1 Å². The summed E-state index contributed by atoms with van der Waals surface area (Å²) in [6, 6.07) is 13.0. The van der Waals surface area contributed by atoms with Gasteiger partial charge in [-0.1, -0.05) is 23.7 Å². The summed E-state index contributed by atoms with van der Waals surface area (Å²) in [5.41, 5.74) is 3.58. The molecule has 0 amide bonds. The average molecular weight is 570 g/mol. The number of carbonyl (C=O) groups excluding carboxylic acids is 1. The van der Waals surface area contributed by atoms with E-state index in [0.29, 0.717) is 22.8 Å². The molecule has 0 saturated heterocycles. The number of benzene rings is 2. The molecule has 1 aromatic heterocycles. The minimum absolute atomic E-state index is 0.00621. The molecule has 5 rings (SSSR count). The summed E-state index contributed by atoms with van der Waals surface area (Å²) >= 11 is 5.86. The molecule has 3 aromatic rings. The SMILES string of the molecule is O=C(O)C(F)(F)F.O=C1CNCC2=C1C(c1ccc(S(=O)(=O)Nc3ccc(Cl)cc3)cc1)c1cn[nH]c1N2. The fraction of sp³-hybridized carbons (Fsp3) is 0.174. The van der Waals surface area contributed by atoms with Crippen LogP contribution in [0.3, 0.4) is 0 Å². The molecule has 2 aliphatic heterocycles. The maximum atomic E-state index is 12.8. The lowest BCUT2D eigenvalue weighted by atomic mass is 9.80. The van der Waals surface area contributed by atoms with Crippen LogP contribution in [0.5, 0.6) is 0 Å². The molecule has 0 spiro atoms. The van der Waals surface area contributed by atoms with Gasteiger partial charge in [0, 0.05) is 40.0 Å². The Labute approximate surface area is 218 Å². The van der Waals surface area contributed by atoms with E-state index < -0.39 is 22.2 Å². The molecule has 0 aliphatic carbocycles. The predicted octanol–water partition coefficient (Wildman–Crippen LogP) is 3.48. The molecule has 15 heteroatoms. The van der Waals surface area contributed by atoms with Crippen LogP contribution in [0.2, 0.25) is 5.02 Å². The van der Waals surface area contributed by atoms with Crippen molar-refractivity contribution in [2.45, 2.75) is 17.0 Å². The highest BCUT2D eigenvalue weighted by molar-refractivity contribution is 7.92. The van der Waals surface area contributed by atoms with Gasteiger partial charge in [-0.2, -0.15) is 18.3 Å². The number of hydrogen-bond donors (Lipinski definition) is 5.